The van der Waals surface area contributed by atoms with Gasteiger partial charge in [0.1, 0.15) is 5.75 Å². The maximum absolute atomic E-state index is 12.8. The molecule has 0 fully saturated rings. The zero-order valence-electron chi connectivity index (χ0n) is 15.0. The molecule has 128 valence electrons. The molecule has 0 aliphatic carbocycles. The van der Waals surface area contributed by atoms with Crippen molar-refractivity contribution in [3.05, 3.63) is 60.2 Å². The highest BCUT2D eigenvalue weighted by Gasteiger charge is 2.19. The average Bonchev–Trinajstić information content (AvgIpc) is 2.59. The largest absolute Gasteiger partial charge is 0.497 e. The van der Waals surface area contributed by atoms with Gasteiger partial charge in [-0.15, -0.1) is 0 Å². The van der Waals surface area contributed by atoms with Crippen LogP contribution in [0, 0.1) is 0 Å². The van der Waals surface area contributed by atoms with Crippen LogP contribution in [0.15, 0.2) is 54.6 Å². The summed E-state index contributed by atoms with van der Waals surface area (Å²) in [6.07, 6.45) is 0. The molecule has 1 heterocycles. The first-order chi connectivity index (χ1) is 11.9. The molecule has 0 aliphatic heterocycles. The summed E-state index contributed by atoms with van der Waals surface area (Å²) in [7, 11) is 1.64. The third kappa shape index (κ3) is 3.79. The summed E-state index contributed by atoms with van der Waals surface area (Å²) in [6.45, 7) is 5.91. The number of amides is 1. The van der Waals surface area contributed by atoms with Gasteiger partial charge in [0.25, 0.3) is 5.91 Å². The standard InChI is InChI=1S/C21H22N2O2/c1-21(2,3)23-20(24)17-13-19(14-9-11-15(25-4)12-10-14)22-18-8-6-5-7-16(17)18/h5-13H,1-4H3,(H,23,24). The van der Waals surface area contributed by atoms with E-state index < -0.39 is 0 Å². The van der Waals surface area contributed by atoms with E-state index in [9.17, 15) is 4.79 Å². The first-order valence-corrected chi connectivity index (χ1v) is 8.24. The molecule has 0 saturated heterocycles. The Morgan fingerprint density at radius 3 is 2.36 bits per heavy atom. The fraction of sp³-hybridized carbons (Fsp3) is 0.238. The van der Waals surface area contributed by atoms with Crippen LogP contribution in [0.4, 0.5) is 0 Å². The van der Waals surface area contributed by atoms with Crippen LogP contribution in [-0.4, -0.2) is 23.5 Å². The lowest BCUT2D eigenvalue weighted by atomic mass is 10.0. The summed E-state index contributed by atoms with van der Waals surface area (Å²) in [5.74, 6) is 0.691. The Morgan fingerprint density at radius 2 is 1.72 bits per heavy atom. The molecule has 0 atom stereocenters. The molecule has 0 unspecified atom stereocenters. The number of methoxy groups -OCH3 is 1. The van der Waals surface area contributed by atoms with Gasteiger partial charge in [-0.3, -0.25) is 4.79 Å². The molecule has 0 radical (unpaired) electrons. The smallest absolute Gasteiger partial charge is 0.252 e. The molecule has 0 spiro atoms. The Hall–Kier alpha value is -2.88. The van der Waals surface area contributed by atoms with Crippen LogP contribution in [-0.2, 0) is 0 Å². The second-order valence-corrected chi connectivity index (χ2v) is 7.00. The molecule has 1 N–H and O–H groups in total. The number of fused-ring (bicyclic) bond motifs is 1. The molecule has 4 nitrogen and oxygen atoms in total. The Bertz CT molecular complexity index is 909. The number of carbonyl (C=O) groups excluding carboxylic acids is 1. The number of nitrogens with zero attached hydrogens (tertiary/aromatic N) is 1. The van der Waals surface area contributed by atoms with Gasteiger partial charge in [0, 0.05) is 16.5 Å². The van der Waals surface area contributed by atoms with Crippen molar-refractivity contribution < 1.29 is 9.53 Å². The van der Waals surface area contributed by atoms with E-state index in [0.29, 0.717) is 5.56 Å². The lowest BCUT2D eigenvalue weighted by Crippen LogP contribution is -2.40. The van der Waals surface area contributed by atoms with Gasteiger partial charge in [-0.05, 0) is 57.2 Å². The van der Waals surface area contributed by atoms with Gasteiger partial charge >= 0.3 is 0 Å². The number of nitrogens with one attached hydrogen (secondary N) is 1. The molecule has 4 heteroatoms. The number of rotatable bonds is 3. The van der Waals surface area contributed by atoms with Gasteiger partial charge in [-0.2, -0.15) is 0 Å². The molecule has 0 aliphatic rings. The number of hydrogen-bond donors (Lipinski definition) is 1. The number of hydrogen-bond acceptors (Lipinski definition) is 3. The van der Waals surface area contributed by atoms with Crippen LogP contribution < -0.4 is 10.1 Å². The second-order valence-electron chi connectivity index (χ2n) is 7.00. The minimum atomic E-state index is -0.304. The highest BCUT2D eigenvalue weighted by atomic mass is 16.5. The molecule has 25 heavy (non-hydrogen) atoms. The molecule has 0 saturated carbocycles. The summed E-state index contributed by atoms with van der Waals surface area (Å²) in [5, 5.41) is 3.89. The second kappa shape index (κ2) is 6.55. The van der Waals surface area contributed by atoms with Crippen LogP contribution in [0.3, 0.4) is 0 Å². The van der Waals surface area contributed by atoms with Crippen LogP contribution in [0.2, 0.25) is 0 Å². The van der Waals surface area contributed by atoms with Crippen molar-refractivity contribution in [3.63, 3.8) is 0 Å². The number of benzene rings is 2. The number of pyridine rings is 1. The summed E-state index contributed by atoms with van der Waals surface area (Å²) in [4.78, 5) is 17.5. The molecular formula is C21H22N2O2. The summed E-state index contributed by atoms with van der Waals surface area (Å²) in [6, 6.07) is 17.2. The Labute approximate surface area is 147 Å². The van der Waals surface area contributed by atoms with Crippen molar-refractivity contribution in [3.8, 4) is 17.0 Å². The van der Waals surface area contributed by atoms with Crippen molar-refractivity contribution in [2.45, 2.75) is 26.3 Å². The van der Waals surface area contributed by atoms with Gasteiger partial charge in [-0.25, -0.2) is 4.98 Å². The quantitative estimate of drug-likeness (QED) is 0.770. The van der Waals surface area contributed by atoms with Crippen LogP contribution in [0.5, 0.6) is 5.75 Å². The highest BCUT2D eigenvalue weighted by Crippen LogP contribution is 2.26. The number of para-hydroxylation sites is 1. The monoisotopic (exact) mass is 334 g/mol. The maximum atomic E-state index is 12.8. The lowest BCUT2D eigenvalue weighted by Gasteiger charge is -2.21. The maximum Gasteiger partial charge on any atom is 0.252 e. The molecular weight excluding hydrogens is 312 g/mol. The van der Waals surface area contributed by atoms with Crippen molar-refractivity contribution in [1.29, 1.82) is 0 Å². The number of ether oxygens (including phenoxy) is 1. The summed E-state index contributed by atoms with van der Waals surface area (Å²) < 4.78 is 5.21. The molecule has 1 aromatic heterocycles. The van der Waals surface area contributed by atoms with E-state index in [4.69, 9.17) is 9.72 Å². The molecule has 3 aromatic rings. The first kappa shape index (κ1) is 17.0. The fourth-order valence-corrected chi connectivity index (χ4v) is 2.68. The van der Waals surface area contributed by atoms with Gasteiger partial charge in [-0.1, -0.05) is 18.2 Å². The Kier molecular flexibility index (Phi) is 4.45. The highest BCUT2D eigenvalue weighted by molar-refractivity contribution is 6.07. The number of carbonyl (C=O) groups is 1. The molecule has 1 amide bonds. The molecule has 0 bridgehead atoms. The molecule has 3 rings (SSSR count). The summed E-state index contributed by atoms with van der Waals surface area (Å²) >= 11 is 0. The molecule has 2 aromatic carbocycles. The van der Waals surface area contributed by atoms with E-state index in [-0.39, 0.29) is 11.4 Å². The topological polar surface area (TPSA) is 51.2 Å². The Balaban J connectivity index is 2.13. The fourth-order valence-electron chi connectivity index (χ4n) is 2.68. The van der Waals surface area contributed by atoms with E-state index in [1.54, 1.807) is 7.11 Å². The van der Waals surface area contributed by atoms with E-state index in [2.05, 4.69) is 5.32 Å². The lowest BCUT2D eigenvalue weighted by molar-refractivity contribution is 0.0921. The third-order valence-electron chi connectivity index (χ3n) is 3.84. The minimum Gasteiger partial charge on any atom is -0.497 e. The van der Waals surface area contributed by atoms with Crippen molar-refractivity contribution in [2.75, 3.05) is 7.11 Å². The summed E-state index contributed by atoms with van der Waals surface area (Å²) in [5.41, 5.74) is 2.83. The third-order valence-corrected chi connectivity index (χ3v) is 3.84. The van der Waals surface area contributed by atoms with Crippen LogP contribution >= 0.6 is 0 Å². The van der Waals surface area contributed by atoms with E-state index in [1.165, 1.54) is 0 Å². The van der Waals surface area contributed by atoms with E-state index >= 15 is 0 Å². The van der Waals surface area contributed by atoms with E-state index in [1.807, 2.05) is 75.4 Å². The van der Waals surface area contributed by atoms with Crippen molar-refractivity contribution >= 4 is 16.8 Å². The van der Waals surface area contributed by atoms with Crippen LogP contribution in [0.25, 0.3) is 22.2 Å². The van der Waals surface area contributed by atoms with Gasteiger partial charge < -0.3 is 10.1 Å². The Morgan fingerprint density at radius 1 is 1.04 bits per heavy atom. The van der Waals surface area contributed by atoms with Crippen molar-refractivity contribution in [1.82, 2.24) is 10.3 Å². The van der Waals surface area contributed by atoms with Crippen molar-refractivity contribution in [2.24, 2.45) is 0 Å². The van der Waals surface area contributed by atoms with E-state index in [0.717, 1.165) is 27.9 Å². The van der Waals surface area contributed by atoms with Gasteiger partial charge in [0.05, 0.1) is 23.9 Å². The predicted octanol–water partition coefficient (Wildman–Crippen LogP) is 4.44. The SMILES string of the molecule is COc1ccc(-c2cc(C(=O)NC(C)(C)C)c3ccccc3n2)cc1. The zero-order chi connectivity index (χ0) is 18.0. The van der Waals surface area contributed by atoms with Gasteiger partial charge in [0.15, 0.2) is 0 Å². The van der Waals surface area contributed by atoms with Crippen LogP contribution in [0.1, 0.15) is 31.1 Å². The zero-order valence-corrected chi connectivity index (χ0v) is 15.0. The number of aromatic nitrogens is 1. The average molecular weight is 334 g/mol. The van der Waals surface area contributed by atoms with Gasteiger partial charge in [0.2, 0.25) is 0 Å². The normalized spacial score (nSPS) is 11.4. The minimum absolute atomic E-state index is 0.0964. The predicted molar refractivity (Wildman–Crippen MR) is 101 cm³/mol. The first-order valence-electron chi connectivity index (χ1n) is 8.24.